The van der Waals surface area contributed by atoms with Gasteiger partial charge in [-0.15, -0.1) is 0 Å². The molecule has 0 aliphatic carbocycles. The van der Waals surface area contributed by atoms with Gasteiger partial charge in [0.15, 0.2) is 0 Å². The van der Waals surface area contributed by atoms with Crippen LogP contribution < -0.4 is 25.4 Å². The maximum absolute atomic E-state index is 13.2. The van der Waals surface area contributed by atoms with Crippen LogP contribution in [-0.4, -0.2) is 26.2 Å². The Labute approximate surface area is 170 Å². The number of nitrogens with one attached hydrogen (secondary N) is 3. The average Bonchev–Trinajstić information content (AvgIpc) is 2.65. The third-order valence-electron chi connectivity index (χ3n) is 4.74. The van der Waals surface area contributed by atoms with Crippen molar-refractivity contribution >= 4 is 17.6 Å². The summed E-state index contributed by atoms with van der Waals surface area (Å²) in [4.78, 5) is 25.4. The van der Waals surface area contributed by atoms with Crippen LogP contribution in [0.15, 0.2) is 47.7 Å². The van der Waals surface area contributed by atoms with Gasteiger partial charge in [-0.3, -0.25) is 4.79 Å². The zero-order valence-electron chi connectivity index (χ0n) is 17.2. The highest BCUT2D eigenvalue weighted by Crippen LogP contribution is 2.36. The van der Waals surface area contributed by atoms with E-state index in [1.54, 1.807) is 39.3 Å². The second kappa shape index (κ2) is 8.26. The number of carbonyl (C=O) groups is 2. The number of urea groups is 1. The predicted molar refractivity (Wildman–Crippen MR) is 111 cm³/mol. The Morgan fingerprint density at radius 3 is 2.31 bits per heavy atom. The van der Waals surface area contributed by atoms with E-state index in [9.17, 15) is 9.59 Å². The van der Waals surface area contributed by atoms with Gasteiger partial charge < -0.3 is 25.4 Å². The summed E-state index contributed by atoms with van der Waals surface area (Å²) in [5.41, 5.74) is 4.30. The molecule has 0 bridgehead atoms. The van der Waals surface area contributed by atoms with E-state index in [1.165, 1.54) is 0 Å². The Balaban J connectivity index is 2.03. The highest BCUT2D eigenvalue weighted by atomic mass is 16.5. The average molecular weight is 395 g/mol. The molecule has 0 fully saturated rings. The minimum absolute atomic E-state index is 0.310. The van der Waals surface area contributed by atoms with Crippen molar-refractivity contribution in [1.29, 1.82) is 0 Å². The van der Waals surface area contributed by atoms with Crippen molar-refractivity contribution < 1.29 is 19.1 Å². The van der Waals surface area contributed by atoms with E-state index in [0.717, 1.165) is 11.1 Å². The largest absolute Gasteiger partial charge is 0.497 e. The highest BCUT2D eigenvalue weighted by molar-refractivity contribution is 6.07. The van der Waals surface area contributed by atoms with Crippen molar-refractivity contribution in [2.45, 2.75) is 26.8 Å². The molecule has 1 aliphatic heterocycles. The lowest BCUT2D eigenvalue weighted by Gasteiger charge is -2.29. The molecule has 0 radical (unpaired) electrons. The van der Waals surface area contributed by atoms with E-state index < -0.39 is 6.04 Å². The van der Waals surface area contributed by atoms with Crippen LogP contribution in [0.5, 0.6) is 11.5 Å². The van der Waals surface area contributed by atoms with E-state index in [4.69, 9.17) is 9.47 Å². The van der Waals surface area contributed by atoms with Crippen LogP contribution in [0.1, 0.15) is 29.7 Å². The van der Waals surface area contributed by atoms with Gasteiger partial charge in [-0.1, -0.05) is 6.07 Å². The van der Waals surface area contributed by atoms with Crippen LogP contribution in [0.4, 0.5) is 10.5 Å². The van der Waals surface area contributed by atoms with Crippen molar-refractivity contribution in [3.05, 3.63) is 64.4 Å². The summed E-state index contributed by atoms with van der Waals surface area (Å²) >= 11 is 0. The molecule has 3 amide bonds. The Morgan fingerprint density at radius 2 is 1.69 bits per heavy atom. The molecule has 0 saturated heterocycles. The molecule has 2 aromatic rings. The molecular formula is C22H25N3O4. The van der Waals surface area contributed by atoms with Crippen LogP contribution >= 0.6 is 0 Å². The Morgan fingerprint density at radius 1 is 1.00 bits per heavy atom. The zero-order valence-corrected chi connectivity index (χ0v) is 17.2. The Bertz CT molecular complexity index is 977. The first-order valence-corrected chi connectivity index (χ1v) is 9.22. The van der Waals surface area contributed by atoms with Crippen LogP contribution in [0, 0.1) is 13.8 Å². The molecule has 3 rings (SSSR count). The topological polar surface area (TPSA) is 88.7 Å². The quantitative estimate of drug-likeness (QED) is 0.722. The van der Waals surface area contributed by atoms with E-state index in [0.29, 0.717) is 34.0 Å². The van der Waals surface area contributed by atoms with Crippen LogP contribution in [0.25, 0.3) is 0 Å². The number of aryl methyl sites for hydroxylation is 2. The molecule has 0 spiro atoms. The van der Waals surface area contributed by atoms with Crippen LogP contribution in [-0.2, 0) is 4.79 Å². The number of hydrogen-bond donors (Lipinski definition) is 3. The molecule has 0 aromatic heterocycles. The molecular weight excluding hydrogens is 370 g/mol. The van der Waals surface area contributed by atoms with Gasteiger partial charge in [-0.25, -0.2) is 4.79 Å². The zero-order chi connectivity index (χ0) is 21.1. The van der Waals surface area contributed by atoms with E-state index in [1.807, 2.05) is 32.0 Å². The van der Waals surface area contributed by atoms with E-state index in [2.05, 4.69) is 16.0 Å². The first-order chi connectivity index (χ1) is 13.8. The van der Waals surface area contributed by atoms with Gasteiger partial charge in [-0.05, 0) is 62.2 Å². The highest BCUT2D eigenvalue weighted by Gasteiger charge is 2.33. The summed E-state index contributed by atoms with van der Waals surface area (Å²) in [6.07, 6.45) is 0. The third kappa shape index (κ3) is 4.34. The monoisotopic (exact) mass is 395 g/mol. The lowest BCUT2D eigenvalue weighted by molar-refractivity contribution is -0.113. The molecule has 1 aliphatic rings. The van der Waals surface area contributed by atoms with Gasteiger partial charge in [-0.2, -0.15) is 0 Å². The normalized spacial score (nSPS) is 16.0. The number of methoxy groups -OCH3 is 2. The third-order valence-corrected chi connectivity index (χ3v) is 4.74. The summed E-state index contributed by atoms with van der Waals surface area (Å²) in [5, 5.41) is 8.45. The summed E-state index contributed by atoms with van der Waals surface area (Å²) < 4.78 is 10.8. The number of rotatable bonds is 5. The van der Waals surface area contributed by atoms with Crippen LogP contribution in [0.2, 0.25) is 0 Å². The van der Waals surface area contributed by atoms with Gasteiger partial charge in [0.25, 0.3) is 5.91 Å². The number of anilines is 1. The minimum Gasteiger partial charge on any atom is -0.497 e. The first-order valence-electron chi connectivity index (χ1n) is 9.22. The molecule has 3 N–H and O–H groups in total. The number of hydrogen-bond acceptors (Lipinski definition) is 4. The molecule has 152 valence electrons. The minimum atomic E-state index is -0.695. The second-order valence-corrected chi connectivity index (χ2v) is 7.01. The molecule has 0 saturated carbocycles. The van der Waals surface area contributed by atoms with Gasteiger partial charge in [0.2, 0.25) is 0 Å². The molecule has 2 aromatic carbocycles. The fraction of sp³-hybridized carbons (Fsp3) is 0.273. The first kappa shape index (κ1) is 20.3. The van der Waals surface area contributed by atoms with Gasteiger partial charge >= 0.3 is 6.03 Å². The molecule has 7 nitrogen and oxygen atoms in total. The molecule has 1 atom stereocenters. The molecule has 0 unspecified atom stereocenters. The van der Waals surface area contributed by atoms with Crippen molar-refractivity contribution in [2.24, 2.45) is 0 Å². The lowest BCUT2D eigenvalue weighted by atomic mass is 9.93. The summed E-state index contributed by atoms with van der Waals surface area (Å²) in [5.74, 6) is 0.831. The van der Waals surface area contributed by atoms with Crippen LogP contribution in [0.3, 0.4) is 0 Å². The second-order valence-electron chi connectivity index (χ2n) is 7.01. The van der Waals surface area contributed by atoms with Gasteiger partial charge in [0.05, 0.1) is 25.8 Å². The standard InChI is InChI=1S/C22H25N3O4/c1-12-8-13(2)10-15(9-12)24-21(26)19-14(3)23-22(27)25-20(19)17-11-16(28-4)6-7-18(17)29-5/h6-11,20H,1-5H3,(H,24,26)(H2,23,25,27)/t20-/m1/s1. The van der Waals surface area contributed by atoms with Gasteiger partial charge in [0, 0.05) is 16.9 Å². The predicted octanol–water partition coefficient (Wildman–Crippen LogP) is 3.59. The maximum atomic E-state index is 13.2. The summed E-state index contributed by atoms with van der Waals surface area (Å²) in [6.45, 7) is 5.65. The van der Waals surface area contributed by atoms with Crippen molar-refractivity contribution in [3.63, 3.8) is 0 Å². The molecule has 1 heterocycles. The molecule has 7 heteroatoms. The number of amides is 3. The smallest absolute Gasteiger partial charge is 0.319 e. The van der Waals surface area contributed by atoms with Gasteiger partial charge in [0.1, 0.15) is 11.5 Å². The SMILES string of the molecule is COc1ccc(OC)c([C@H]2NC(=O)NC(C)=C2C(=O)Nc2cc(C)cc(C)c2)c1. The fourth-order valence-electron chi connectivity index (χ4n) is 3.54. The summed E-state index contributed by atoms with van der Waals surface area (Å²) in [6, 6.07) is 10.0. The number of allylic oxidation sites excluding steroid dienone is 1. The Kier molecular flexibility index (Phi) is 5.77. The number of ether oxygens (including phenoxy) is 2. The lowest BCUT2D eigenvalue weighted by Crippen LogP contribution is -2.46. The maximum Gasteiger partial charge on any atom is 0.319 e. The van der Waals surface area contributed by atoms with Crippen molar-refractivity contribution in [1.82, 2.24) is 10.6 Å². The van der Waals surface area contributed by atoms with Crippen molar-refractivity contribution in [2.75, 3.05) is 19.5 Å². The number of carbonyl (C=O) groups excluding carboxylic acids is 2. The molecule has 29 heavy (non-hydrogen) atoms. The Hall–Kier alpha value is -3.48. The van der Waals surface area contributed by atoms with E-state index >= 15 is 0 Å². The summed E-state index contributed by atoms with van der Waals surface area (Å²) in [7, 11) is 3.10. The fourth-order valence-corrected chi connectivity index (χ4v) is 3.54. The number of benzene rings is 2. The van der Waals surface area contributed by atoms with E-state index in [-0.39, 0.29) is 11.9 Å². The van der Waals surface area contributed by atoms with Crippen molar-refractivity contribution in [3.8, 4) is 11.5 Å².